The van der Waals surface area contributed by atoms with Crippen LogP contribution >= 0.6 is 0 Å². The number of benzene rings is 1. The molecule has 0 bridgehead atoms. The first-order valence-electron chi connectivity index (χ1n) is 10.4. The second-order valence-electron chi connectivity index (χ2n) is 8.39. The standard InChI is InChI=1S/C23H29NO6/c1-12(2)11-18(22(26)27)24-21(25)14(4)29-19-10-9-16-15-7-5-6-8-17(15)23(28)30-20(16)13(19)3/h9-10,12,14,18H,5-8,11H2,1-4H3,(H,24,25)(H,26,27)/p-1/t14-,18-/m0/s1. The Labute approximate surface area is 175 Å². The maximum Gasteiger partial charge on any atom is 0.339 e. The molecule has 0 saturated carbocycles. The molecule has 1 N–H and O–H groups in total. The van der Waals surface area contributed by atoms with E-state index in [0.717, 1.165) is 42.2 Å². The first kappa shape index (κ1) is 21.9. The highest BCUT2D eigenvalue weighted by molar-refractivity contribution is 5.87. The number of amides is 1. The molecule has 0 aliphatic heterocycles. The van der Waals surface area contributed by atoms with Crippen molar-refractivity contribution in [2.24, 2.45) is 5.92 Å². The third kappa shape index (κ3) is 4.50. The van der Waals surface area contributed by atoms with Crippen molar-refractivity contribution in [3.05, 3.63) is 39.2 Å². The highest BCUT2D eigenvalue weighted by Gasteiger charge is 2.23. The van der Waals surface area contributed by atoms with E-state index in [1.54, 1.807) is 19.9 Å². The second kappa shape index (κ2) is 8.90. The average molecular weight is 414 g/mol. The summed E-state index contributed by atoms with van der Waals surface area (Å²) in [6.07, 6.45) is 2.94. The van der Waals surface area contributed by atoms with E-state index < -0.39 is 24.0 Å². The van der Waals surface area contributed by atoms with Gasteiger partial charge in [-0.3, -0.25) is 4.79 Å². The molecule has 7 nitrogen and oxygen atoms in total. The molecule has 3 rings (SSSR count). The van der Waals surface area contributed by atoms with E-state index >= 15 is 0 Å². The zero-order valence-corrected chi connectivity index (χ0v) is 17.9. The SMILES string of the molecule is Cc1c(O[C@@H](C)C(=O)N[C@@H](CC(C)C)C(=O)[O-])ccc2c3c(c(=O)oc12)CCCC3. The van der Waals surface area contributed by atoms with Gasteiger partial charge in [0.1, 0.15) is 11.3 Å². The first-order chi connectivity index (χ1) is 14.2. The van der Waals surface area contributed by atoms with Gasteiger partial charge in [-0.25, -0.2) is 4.79 Å². The third-order valence-corrected chi connectivity index (χ3v) is 5.57. The van der Waals surface area contributed by atoms with Crippen molar-refractivity contribution < 1.29 is 23.8 Å². The van der Waals surface area contributed by atoms with Crippen molar-refractivity contribution in [2.75, 3.05) is 0 Å². The molecule has 1 aliphatic carbocycles. The fourth-order valence-corrected chi connectivity index (χ4v) is 3.97. The molecule has 1 heterocycles. The van der Waals surface area contributed by atoms with Gasteiger partial charge >= 0.3 is 5.63 Å². The molecule has 2 aromatic rings. The van der Waals surface area contributed by atoms with Gasteiger partial charge in [-0.05, 0) is 69.6 Å². The molecule has 0 spiro atoms. The molecule has 1 aromatic carbocycles. The summed E-state index contributed by atoms with van der Waals surface area (Å²) in [5.41, 5.74) is 2.59. The van der Waals surface area contributed by atoms with Crippen LogP contribution in [0.1, 0.15) is 56.7 Å². The Hall–Kier alpha value is -2.83. The van der Waals surface area contributed by atoms with Crippen LogP contribution in [0, 0.1) is 12.8 Å². The summed E-state index contributed by atoms with van der Waals surface area (Å²) in [4.78, 5) is 36.2. The lowest BCUT2D eigenvalue weighted by atomic mass is 9.90. The maximum atomic E-state index is 12.5. The van der Waals surface area contributed by atoms with Crippen LogP contribution in [0.2, 0.25) is 0 Å². The number of carbonyl (C=O) groups is 2. The molecule has 7 heteroatoms. The summed E-state index contributed by atoms with van der Waals surface area (Å²) < 4.78 is 11.4. The summed E-state index contributed by atoms with van der Waals surface area (Å²) in [5.74, 6) is -1.37. The van der Waals surface area contributed by atoms with Gasteiger partial charge in [0, 0.05) is 16.5 Å². The monoisotopic (exact) mass is 414 g/mol. The van der Waals surface area contributed by atoms with Gasteiger partial charge in [0.2, 0.25) is 0 Å². The van der Waals surface area contributed by atoms with Crippen LogP contribution in [0.5, 0.6) is 5.75 Å². The zero-order valence-electron chi connectivity index (χ0n) is 17.9. The topological polar surface area (TPSA) is 109 Å². The van der Waals surface area contributed by atoms with E-state index in [0.29, 0.717) is 16.9 Å². The number of aryl methyl sites for hydroxylation is 2. The van der Waals surface area contributed by atoms with Gasteiger partial charge in [0.05, 0.1) is 12.0 Å². The van der Waals surface area contributed by atoms with E-state index in [1.807, 2.05) is 19.9 Å². The number of nitrogens with one attached hydrogen (secondary N) is 1. The number of aliphatic carboxylic acids is 1. The van der Waals surface area contributed by atoms with Crippen LogP contribution < -0.4 is 20.8 Å². The third-order valence-electron chi connectivity index (χ3n) is 5.57. The van der Waals surface area contributed by atoms with E-state index in [1.165, 1.54) is 0 Å². The summed E-state index contributed by atoms with van der Waals surface area (Å²) in [5, 5.41) is 14.7. The molecule has 0 fully saturated rings. The molecule has 2 atom stereocenters. The number of carbonyl (C=O) groups excluding carboxylic acids is 2. The number of ether oxygens (including phenoxy) is 1. The second-order valence-corrected chi connectivity index (χ2v) is 8.39. The average Bonchev–Trinajstić information content (AvgIpc) is 2.69. The van der Waals surface area contributed by atoms with Gasteiger partial charge < -0.3 is 24.4 Å². The molecular formula is C23H28NO6-. The quantitative estimate of drug-likeness (QED) is 0.695. The minimum absolute atomic E-state index is 0.0842. The molecule has 1 aromatic heterocycles. The summed E-state index contributed by atoms with van der Waals surface area (Å²) in [6, 6.07) is 2.55. The first-order valence-corrected chi connectivity index (χ1v) is 10.4. The van der Waals surface area contributed by atoms with E-state index in [-0.39, 0.29) is 18.0 Å². The van der Waals surface area contributed by atoms with Gasteiger partial charge in [-0.1, -0.05) is 13.8 Å². The van der Waals surface area contributed by atoms with Gasteiger partial charge in [-0.15, -0.1) is 0 Å². The van der Waals surface area contributed by atoms with E-state index in [4.69, 9.17) is 9.15 Å². The van der Waals surface area contributed by atoms with Crippen molar-refractivity contribution in [3.8, 4) is 5.75 Å². The Morgan fingerprint density at radius 1 is 1.17 bits per heavy atom. The van der Waals surface area contributed by atoms with Crippen LogP contribution in [0.3, 0.4) is 0 Å². The zero-order chi connectivity index (χ0) is 22.0. The lowest BCUT2D eigenvalue weighted by Crippen LogP contribution is -2.51. The molecule has 1 aliphatic rings. The molecular weight excluding hydrogens is 386 g/mol. The van der Waals surface area contributed by atoms with Gasteiger partial charge in [0.15, 0.2) is 6.10 Å². The summed E-state index contributed by atoms with van der Waals surface area (Å²) >= 11 is 0. The molecule has 0 saturated heterocycles. The Balaban J connectivity index is 1.83. The van der Waals surface area contributed by atoms with Crippen LogP contribution in [0.25, 0.3) is 11.0 Å². The summed E-state index contributed by atoms with van der Waals surface area (Å²) in [7, 11) is 0. The highest BCUT2D eigenvalue weighted by Crippen LogP contribution is 2.32. The minimum atomic E-state index is -1.32. The number of carboxylic acids is 1. The molecule has 0 unspecified atom stereocenters. The number of hydrogen-bond donors (Lipinski definition) is 1. The molecule has 162 valence electrons. The predicted octanol–water partition coefficient (Wildman–Crippen LogP) is 2.03. The van der Waals surface area contributed by atoms with Crippen molar-refractivity contribution >= 4 is 22.8 Å². The number of rotatable bonds is 7. The number of hydrogen-bond acceptors (Lipinski definition) is 6. The Morgan fingerprint density at radius 3 is 2.47 bits per heavy atom. The van der Waals surface area contributed by atoms with Gasteiger partial charge in [-0.2, -0.15) is 0 Å². The largest absolute Gasteiger partial charge is 0.548 e. The van der Waals surface area contributed by atoms with Crippen molar-refractivity contribution in [1.29, 1.82) is 0 Å². The van der Waals surface area contributed by atoms with E-state index in [2.05, 4.69) is 5.32 Å². The highest BCUT2D eigenvalue weighted by atomic mass is 16.5. The fraction of sp³-hybridized carbons (Fsp3) is 0.522. The van der Waals surface area contributed by atoms with Crippen LogP contribution in [-0.2, 0) is 22.4 Å². The normalized spacial score (nSPS) is 15.5. The smallest absolute Gasteiger partial charge is 0.339 e. The molecule has 0 radical (unpaired) electrons. The van der Waals surface area contributed by atoms with Crippen LogP contribution in [0.4, 0.5) is 0 Å². The number of fused-ring (bicyclic) bond motifs is 3. The van der Waals surface area contributed by atoms with Crippen molar-refractivity contribution in [3.63, 3.8) is 0 Å². The van der Waals surface area contributed by atoms with Crippen molar-refractivity contribution in [1.82, 2.24) is 5.32 Å². The lowest BCUT2D eigenvalue weighted by Gasteiger charge is -2.24. The van der Waals surface area contributed by atoms with Crippen molar-refractivity contribution in [2.45, 2.75) is 71.9 Å². The predicted molar refractivity (Wildman–Crippen MR) is 110 cm³/mol. The van der Waals surface area contributed by atoms with Gasteiger partial charge in [0.25, 0.3) is 5.91 Å². The maximum absolute atomic E-state index is 12.5. The minimum Gasteiger partial charge on any atom is -0.548 e. The molecule has 1 amide bonds. The van der Waals surface area contributed by atoms with Crippen LogP contribution in [0.15, 0.2) is 21.3 Å². The fourth-order valence-electron chi connectivity index (χ4n) is 3.97. The Kier molecular flexibility index (Phi) is 6.48. The summed E-state index contributed by atoms with van der Waals surface area (Å²) in [6.45, 7) is 7.06. The Morgan fingerprint density at radius 2 is 1.83 bits per heavy atom. The molecule has 30 heavy (non-hydrogen) atoms. The van der Waals surface area contributed by atoms with Crippen LogP contribution in [-0.4, -0.2) is 24.0 Å². The number of carboxylic acid groups (broad SMARTS) is 1. The lowest BCUT2D eigenvalue weighted by molar-refractivity contribution is -0.308. The Bertz CT molecular complexity index is 1020. The van der Waals surface area contributed by atoms with E-state index in [9.17, 15) is 19.5 Å².